The highest BCUT2D eigenvalue weighted by atomic mass is 16.5. The molecule has 0 bridgehead atoms. The maximum absolute atomic E-state index is 11.4. The molecule has 0 unspecified atom stereocenters. The molecule has 0 saturated carbocycles. The molecule has 1 aromatic rings. The standard InChI is InChI=1S/C11H12O2/c1-13-9-5-8-11(12)10-6-3-2-4-7-10/h2-7,9H,8H2,1H3/b9-5+. The number of allylic oxidation sites excluding steroid dienone is 1. The number of ether oxygens (including phenoxy) is 1. The zero-order chi connectivity index (χ0) is 9.52. The molecule has 13 heavy (non-hydrogen) atoms. The van der Waals surface area contributed by atoms with Crippen LogP contribution in [-0.4, -0.2) is 12.9 Å². The predicted molar refractivity (Wildman–Crippen MR) is 51.5 cm³/mol. The summed E-state index contributed by atoms with van der Waals surface area (Å²) in [6.07, 6.45) is 3.61. The van der Waals surface area contributed by atoms with Gasteiger partial charge in [0.2, 0.25) is 0 Å². The summed E-state index contributed by atoms with van der Waals surface area (Å²) in [5.74, 6) is 0.105. The average Bonchev–Trinajstić information content (AvgIpc) is 2.19. The Labute approximate surface area is 77.8 Å². The fourth-order valence-corrected chi connectivity index (χ4v) is 0.993. The number of methoxy groups -OCH3 is 1. The smallest absolute Gasteiger partial charge is 0.166 e. The Morgan fingerprint density at radius 2 is 2.08 bits per heavy atom. The minimum atomic E-state index is 0.105. The van der Waals surface area contributed by atoms with E-state index in [1.807, 2.05) is 30.3 Å². The molecule has 2 nitrogen and oxygen atoms in total. The van der Waals surface area contributed by atoms with Crippen LogP contribution in [0.5, 0.6) is 0 Å². The topological polar surface area (TPSA) is 26.3 Å². The van der Waals surface area contributed by atoms with Crippen LogP contribution >= 0.6 is 0 Å². The van der Waals surface area contributed by atoms with Crippen molar-refractivity contribution in [3.8, 4) is 0 Å². The van der Waals surface area contributed by atoms with Gasteiger partial charge in [0.1, 0.15) is 0 Å². The monoisotopic (exact) mass is 176 g/mol. The molecule has 0 aromatic heterocycles. The van der Waals surface area contributed by atoms with Gasteiger partial charge in [-0.25, -0.2) is 0 Å². The lowest BCUT2D eigenvalue weighted by Gasteiger charge is -1.95. The number of carbonyl (C=O) groups excluding carboxylic acids is 1. The van der Waals surface area contributed by atoms with Crippen LogP contribution < -0.4 is 0 Å². The number of Topliss-reactive ketones (excluding diaryl/α,β-unsaturated/α-hetero) is 1. The van der Waals surface area contributed by atoms with E-state index in [1.165, 1.54) is 6.26 Å². The van der Waals surface area contributed by atoms with Gasteiger partial charge in [-0.2, -0.15) is 0 Å². The summed E-state index contributed by atoms with van der Waals surface area (Å²) < 4.78 is 4.70. The van der Waals surface area contributed by atoms with Gasteiger partial charge >= 0.3 is 0 Å². The van der Waals surface area contributed by atoms with Gasteiger partial charge in [0.15, 0.2) is 5.78 Å². The highest BCUT2D eigenvalue weighted by molar-refractivity contribution is 5.96. The zero-order valence-corrected chi connectivity index (χ0v) is 7.57. The molecule has 1 aromatic carbocycles. The molecule has 0 aliphatic rings. The lowest BCUT2D eigenvalue weighted by Crippen LogP contribution is -1.95. The van der Waals surface area contributed by atoms with Crippen molar-refractivity contribution in [1.82, 2.24) is 0 Å². The number of rotatable bonds is 4. The van der Waals surface area contributed by atoms with Crippen LogP contribution in [0.15, 0.2) is 42.7 Å². The number of carbonyl (C=O) groups is 1. The first-order chi connectivity index (χ1) is 6.34. The molecule has 0 radical (unpaired) electrons. The van der Waals surface area contributed by atoms with E-state index in [2.05, 4.69) is 0 Å². The predicted octanol–water partition coefficient (Wildman–Crippen LogP) is 2.42. The maximum Gasteiger partial charge on any atom is 0.166 e. The normalized spacial score (nSPS) is 10.2. The second-order valence-electron chi connectivity index (χ2n) is 2.60. The summed E-state index contributed by atoms with van der Waals surface area (Å²) in [6, 6.07) is 9.22. The van der Waals surface area contributed by atoms with Gasteiger partial charge in [0.25, 0.3) is 0 Å². The Morgan fingerprint density at radius 1 is 1.38 bits per heavy atom. The summed E-state index contributed by atoms with van der Waals surface area (Å²) >= 11 is 0. The zero-order valence-electron chi connectivity index (χ0n) is 7.57. The van der Waals surface area contributed by atoms with Crippen molar-refractivity contribution in [1.29, 1.82) is 0 Å². The molecule has 0 heterocycles. The first kappa shape index (κ1) is 9.52. The number of hydrogen-bond donors (Lipinski definition) is 0. The largest absolute Gasteiger partial charge is 0.505 e. The second-order valence-corrected chi connectivity index (χ2v) is 2.60. The van der Waals surface area contributed by atoms with Gasteiger partial charge in [0.05, 0.1) is 13.4 Å². The highest BCUT2D eigenvalue weighted by Gasteiger charge is 2.00. The van der Waals surface area contributed by atoms with Crippen molar-refractivity contribution in [2.24, 2.45) is 0 Å². The molecule has 0 aliphatic carbocycles. The third kappa shape index (κ3) is 3.11. The molecule has 0 saturated heterocycles. The van der Waals surface area contributed by atoms with Crippen molar-refractivity contribution < 1.29 is 9.53 Å². The van der Waals surface area contributed by atoms with E-state index in [4.69, 9.17) is 4.74 Å². The van der Waals surface area contributed by atoms with Crippen LogP contribution in [0.2, 0.25) is 0 Å². The molecule has 0 N–H and O–H groups in total. The third-order valence-corrected chi connectivity index (χ3v) is 1.63. The first-order valence-electron chi connectivity index (χ1n) is 4.10. The lowest BCUT2D eigenvalue weighted by molar-refractivity contribution is 0.0995. The lowest BCUT2D eigenvalue weighted by atomic mass is 10.1. The van der Waals surface area contributed by atoms with Gasteiger partial charge in [-0.05, 0) is 6.08 Å². The molecule has 0 spiro atoms. The highest BCUT2D eigenvalue weighted by Crippen LogP contribution is 2.03. The third-order valence-electron chi connectivity index (χ3n) is 1.63. The Morgan fingerprint density at radius 3 is 2.69 bits per heavy atom. The molecular formula is C11H12O2. The molecule has 1 rings (SSSR count). The quantitative estimate of drug-likeness (QED) is 0.520. The molecule has 68 valence electrons. The number of hydrogen-bond acceptors (Lipinski definition) is 2. The fraction of sp³-hybridized carbons (Fsp3) is 0.182. The minimum Gasteiger partial charge on any atom is -0.505 e. The molecule has 0 atom stereocenters. The molecule has 0 aliphatic heterocycles. The Bertz CT molecular complexity index is 288. The summed E-state index contributed by atoms with van der Waals surface area (Å²) in [7, 11) is 1.56. The number of ketones is 1. The first-order valence-corrected chi connectivity index (χ1v) is 4.10. The van der Waals surface area contributed by atoms with Gasteiger partial charge in [-0.3, -0.25) is 4.79 Å². The van der Waals surface area contributed by atoms with Crippen LogP contribution in [0.1, 0.15) is 16.8 Å². The van der Waals surface area contributed by atoms with Crippen molar-refractivity contribution >= 4 is 5.78 Å². The minimum absolute atomic E-state index is 0.105. The summed E-state index contributed by atoms with van der Waals surface area (Å²) in [5.41, 5.74) is 0.739. The maximum atomic E-state index is 11.4. The van der Waals surface area contributed by atoms with E-state index in [0.29, 0.717) is 6.42 Å². The fourth-order valence-electron chi connectivity index (χ4n) is 0.993. The summed E-state index contributed by atoms with van der Waals surface area (Å²) in [5, 5.41) is 0. The molecule has 0 amide bonds. The van der Waals surface area contributed by atoms with Crippen molar-refractivity contribution in [3.63, 3.8) is 0 Å². The van der Waals surface area contributed by atoms with E-state index in [0.717, 1.165) is 5.56 Å². The second kappa shape index (κ2) is 5.14. The van der Waals surface area contributed by atoms with Crippen molar-refractivity contribution in [3.05, 3.63) is 48.2 Å². The van der Waals surface area contributed by atoms with Gasteiger partial charge in [-0.1, -0.05) is 30.3 Å². The average molecular weight is 176 g/mol. The van der Waals surface area contributed by atoms with E-state index < -0.39 is 0 Å². The van der Waals surface area contributed by atoms with Crippen molar-refractivity contribution in [2.75, 3.05) is 7.11 Å². The van der Waals surface area contributed by atoms with E-state index in [1.54, 1.807) is 13.2 Å². The van der Waals surface area contributed by atoms with E-state index >= 15 is 0 Å². The SMILES string of the molecule is CO/C=C/CC(=O)c1ccccc1. The summed E-state index contributed by atoms with van der Waals surface area (Å²) in [4.78, 5) is 11.4. The van der Waals surface area contributed by atoms with Crippen LogP contribution in [-0.2, 0) is 4.74 Å². The van der Waals surface area contributed by atoms with Gasteiger partial charge < -0.3 is 4.74 Å². The van der Waals surface area contributed by atoms with Gasteiger partial charge in [0, 0.05) is 12.0 Å². The molecular weight excluding hydrogens is 164 g/mol. The van der Waals surface area contributed by atoms with Crippen LogP contribution in [0.3, 0.4) is 0 Å². The van der Waals surface area contributed by atoms with Gasteiger partial charge in [-0.15, -0.1) is 0 Å². The van der Waals surface area contributed by atoms with E-state index in [9.17, 15) is 4.79 Å². The van der Waals surface area contributed by atoms with Crippen LogP contribution in [0.4, 0.5) is 0 Å². The summed E-state index contributed by atoms with van der Waals surface area (Å²) in [6.45, 7) is 0. The van der Waals surface area contributed by atoms with Crippen LogP contribution in [0.25, 0.3) is 0 Å². The Balaban J connectivity index is 2.54. The van der Waals surface area contributed by atoms with E-state index in [-0.39, 0.29) is 5.78 Å². The molecule has 2 heteroatoms. The Hall–Kier alpha value is -1.57. The molecule has 0 fully saturated rings. The Kier molecular flexibility index (Phi) is 3.76. The van der Waals surface area contributed by atoms with Crippen LogP contribution in [0, 0.1) is 0 Å². The number of benzene rings is 1. The van der Waals surface area contributed by atoms with Crippen molar-refractivity contribution in [2.45, 2.75) is 6.42 Å².